The van der Waals surface area contributed by atoms with E-state index in [1.54, 1.807) is 29.6 Å². The Morgan fingerprint density at radius 2 is 2.03 bits per heavy atom. The number of anilines is 2. The lowest BCUT2D eigenvalue weighted by Gasteiger charge is -2.16. The topological polar surface area (TPSA) is 76.5 Å². The largest absolute Gasteiger partial charge is 0.484 e. The predicted octanol–water partition coefficient (Wildman–Crippen LogP) is 3.08. The van der Waals surface area contributed by atoms with E-state index in [1.165, 1.54) is 0 Å². The molecule has 7 heteroatoms. The van der Waals surface area contributed by atoms with Gasteiger partial charge >= 0.3 is 0 Å². The van der Waals surface area contributed by atoms with Crippen molar-refractivity contribution >= 4 is 23.2 Å². The highest BCUT2D eigenvalue weighted by Gasteiger charge is 2.21. The van der Waals surface area contributed by atoms with Crippen LogP contribution >= 0.6 is 0 Å². The van der Waals surface area contributed by atoms with Crippen molar-refractivity contribution in [3.05, 3.63) is 72.8 Å². The van der Waals surface area contributed by atoms with Gasteiger partial charge in [0, 0.05) is 43.3 Å². The molecule has 3 aromatic rings. The smallest absolute Gasteiger partial charge is 0.262 e. The Morgan fingerprint density at radius 1 is 1.17 bits per heavy atom. The predicted molar refractivity (Wildman–Crippen MR) is 110 cm³/mol. The van der Waals surface area contributed by atoms with E-state index in [9.17, 15) is 9.59 Å². The van der Waals surface area contributed by atoms with Crippen LogP contribution in [0.1, 0.15) is 18.4 Å². The van der Waals surface area contributed by atoms with Crippen LogP contribution in [0.5, 0.6) is 5.75 Å². The normalized spacial score (nSPS) is 13.5. The van der Waals surface area contributed by atoms with Gasteiger partial charge in [0.05, 0.1) is 6.33 Å². The summed E-state index contributed by atoms with van der Waals surface area (Å²) in [7, 11) is 0. The first-order chi connectivity index (χ1) is 14.2. The van der Waals surface area contributed by atoms with Gasteiger partial charge in [-0.3, -0.25) is 9.59 Å². The maximum atomic E-state index is 12.2. The average Bonchev–Trinajstić information content (AvgIpc) is 3.39. The molecule has 0 bridgehead atoms. The molecule has 1 saturated heterocycles. The first kappa shape index (κ1) is 18.7. The molecule has 0 unspecified atom stereocenters. The summed E-state index contributed by atoms with van der Waals surface area (Å²) in [6.07, 6.45) is 6.87. The van der Waals surface area contributed by atoms with E-state index in [4.69, 9.17) is 4.74 Å². The summed E-state index contributed by atoms with van der Waals surface area (Å²) < 4.78 is 7.53. The zero-order valence-electron chi connectivity index (χ0n) is 16.0. The fourth-order valence-electron chi connectivity index (χ4n) is 3.33. The van der Waals surface area contributed by atoms with Gasteiger partial charge in [-0.1, -0.05) is 12.1 Å². The van der Waals surface area contributed by atoms with Gasteiger partial charge in [-0.2, -0.15) is 0 Å². The Bertz CT molecular complexity index is 984. The molecule has 1 aromatic heterocycles. The van der Waals surface area contributed by atoms with Crippen molar-refractivity contribution in [2.24, 2.45) is 0 Å². The van der Waals surface area contributed by atoms with Gasteiger partial charge in [0.15, 0.2) is 6.61 Å². The molecular formula is C22H22N4O3. The standard InChI is InChI=1S/C22H22N4O3/c27-21(24-18-4-1-3-17(13-18)14-25-12-10-23-16-25)15-29-20-8-6-19(7-9-20)26-11-2-5-22(26)28/h1,3-4,6-10,12-13,16H,2,5,11,14-15H2,(H,24,27). The summed E-state index contributed by atoms with van der Waals surface area (Å²) in [5.41, 5.74) is 2.65. The summed E-state index contributed by atoms with van der Waals surface area (Å²) in [5, 5.41) is 2.85. The minimum Gasteiger partial charge on any atom is -0.484 e. The molecule has 2 aromatic carbocycles. The monoisotopic (exact) mass is 390 g/mol. The van der Waals surface area contributed by atoms with E-state index in [0.717, 1.165) is 29.9 Å². The minimum atomic E-state index is -0.233. The van der Waals surface area contributed by atoms with Crippen LogP contribution in [0.3, 0.4) is 0 Å². The van der Waals surface area contributed by atoms with E-state index in [2.05, 4.69) is 10.3 Å². The lowest BCUT2D eigenvalue weighted by atomic mass is 10.2. The summed E-state index contributed by atoms with van der Waals surface area (Å²) in [6, 6.07) is 14.9. The fourth-order valence-corrected chi connectivity index (χ4v) is 3.33. The summed E-state index contributed by atoms with van der Waals surface area (Å²) in [4.78, 5) is 29.8. The van der Waals surface area contributed by atoms with Crippen molar-refractivity contribution in [3.63, 3.8) is 0 Å². The molecule has 7 nitrogen and oxygen atoms in total. The lowest BCUT2D eigenvalue weighted by molar-refractivity contribution is -0.118. The molecule has 1 aliphatic heterocycles. The number of nitrogens with zero attached hydrogens (tertiary/aromatic N) is 3. The number of hydrogen-bond donors (Lipinski definition) is 1. The number of nitrogens with one attached hydrogen (secondary N) is 1. The third kappa shape index (κ3) is 4.82. The van der Waals surface area contributed by atoms with Crippen LogP contribution in [0, 0.1) is 0 Å². The Hall–Kier alpha value is -3.61. The molecule has 0 aliphatic carbocycles. The molecule has 0 saturated carbocycles. The van der Waals surface area contributed by atoms with Gasteiger partial charge in [-0.15, -0.1) is 0 Å². The molecule has 0 spiro atoms. The first-order valence-electron chi connectivity index (χ1n) is 9.55. The second kappa shape index (κ2) is 8.60. The van der Waals surface area contributed by atoms with Crippen LogP contribution in [-0.2, 0) is 16.1 Å². The maximum Gasteiger partial charge on any atom is 0.262 e. The molecule has 1 N–H and O–H groups in total. The number of hydrogen-bond acceptors (Lipinski definition) is 4. The molecule has 0 radical (unpaired) electrons. The third-order valence-corrected chi connectivity index (χ3v) is 4.73. The third-order valence-electron chi connectivity index (χ3n) is 4.73. The highest BCUT2D eigenvalue weighted by Crippen LogP contribution is 2.24. The molecule has 4 rings (SSSR count). The highest BCUT2D eigenvalue weighted by atomic mass is 16.5. The van der Waals surface area contributed by atoms with Crippen molar-refractivity contribution < 1.29 is 14.3 Å². The number of ether oxygens (including phenoxy) is 1. The van der Waals surface area contributed by atoms with E-state index < -0.39 is 0 Å². The lowest BCUT2D eigenvalue weighted by Crippen LogP contribution is -2.23. The highest BCUT2D eigenvalue weighted by molar-refractivity contribution is 5.95. The Balaban J connectivity index is 1.29. The second-order valence-electron chi connectivity index (χ2n) is 6.92. The van der Waals surface area contributed by atoms with E-state index in [-0.39, 0.29) is 18.4 Å². The van der Waals surface area contributed by atoms with Gasteiger partial charge < -0.3 is 19.5 Å². The number of benzene rings is 2. The van der Waals surface area contributed by atoms with Crippen molar-refractivity contribution in [2.45, 2.75) is 19.4 Å². The molecular weight excluding hydrogens is 368 g/mol. The quantitative estimate of drug-likeness (QED) is 0.673. The molecule has 1 aliphatic rings. The molecule has 1 fully saturated rings. The van der Waals surface area contributed by atoms with Crippen LogP contribution in [0.15, 0.2) is 67.3 Å². The Labute approximate surface area is 168 Å². The van der Waals surface area contributed by atoms with Crippen LogP contribution in [0.25, 0.3) is 0 Å². The number of carbonyl (C=O) groups is 2. The number of carbonyl (C=O) groups excluding carboxylic acids is 2. The van der Waals surface area contributed by atoms with Crippen molar-refractivity contribution in [3.8, 4) is 5.75 Å². The maximum absolute atomic E-state index is 12.2. The molecule has 2 heterocycles. The summed E-state index contributed by atoms with van der Waals surface area (Å²) >= 11 is 0. The zero-order chi connectivity index (χ0) is 20.1. The van der Waals surface area contributed by atoms with E-state index in [0.29, 0.717) is 18.7 Å². The van der Waals surface area contributed by atoms with E-state index >= 15 is 0 Å². The van der Waals surface area contributed by atoms with Crippen LogP contribution in [0.4, 0.5) is 11.4 Å². The van der Waals surface area contributed by atoms with Gasteiger partial charge in [0.1, 0.15) is 5.75 Å². The second-order valence-corrected chi connectivity index (χ2v) is 6.92. The molecule has 148 valence electrons. The van der Waals surface area contributed by atoms with Crippen molar-refractivity contribution in [1.29, 1.82) is 0 Å². The van der Waals surface area contributed by atoms with Gasteiger partial charge in [-0.25, -0.2) is 4.98 Å². The fraction of sp³-hybridized carbons (Fsp3) is 0.227. The number of rotatable bonds is 7. The van der Waals surface area contributed by atoms with Gasteiger partial charge in [-0.05, 0) is 48.4 Å². The Morgan fingerprint density at radius 3 is 2.76 bits per heavy atom. The van der Waals surface area contributed by atoms with Crippen LogP contribution < -0.4 is 15.0 Å². The molecule has 0 atom stereocenters. The number of imidazole rings is 1. The zero-order valence-corrected chi connectivity index (χ0v) is 16.0. The first-order valence-corrected chi connectivity index (χ1v) is 9.55. The Kier molecular flexibility index (Phi) is 5.56. The van der Waals surface area contributed by atoms with Crippen molar-refractivity contribution in [1.82, 2.24) is 9.55 Å². The van der Waals surface area contributed by atoms with E-state index in [1.807, 2.05) is 47.2 Å². The SMILES string of the molecule is O=C(COc1ccc(N2CCCC2=O)cc1)Nc1cccc(Cn2ccnc2)c1. The summed E-state index contributed by atoms with van der Waals surface area (Å²) in [5.74, 6) is 0.501. The summed E-state index contributed by atoms with van der Waals surface area (Å²) in [6.45, 7) is 1.35. The number of aromatic nitrogens is 2. The minimum absolute atomic E-state index is 0.0895. The number of amides is 2. The van der Waals surface area contributed by atoms with Crippen LogP contribution in [-0.4, -0.2) is 34.5 Å². The molecule has 29 heavy (non-hydrogen) atoms. The van der Waals surface area contributed by atoms with Crippen LogP contribution in [0.2, 0.25) is 0 Å². The van der Waals surface area contributed by atoms with Gasteiger partial charge in [0.25, 0.3) is 5.91 Å². The average molecular weight is 390 g/mol. The molecule has 2 amide bonds. The van der Waals surface area contributed by atoms with Gasteiger partial charge in [0.2, 0.25) is 5.91 Å². The van der Waals surface area contributed by atoms with Crippen molar-refractivity contribution in [2.75, 3.05) is 23.4 Å².